The minimum atomic E-state index is -0.853. The van der Waals surface area contributed by atoms with Crippen LogP contribution in [0.5, 0.6) is 0 Å². The van der Waals surface area contributed by atoms with E-state index in [1.807, 2.05) is 37.6 Å². The monoisotopic (exact) mass is 1860 g/mol. The van der Waals surface area contributed by atoms with E-state index in [9.17, 15) is 4.79 Å². The van der Waals surface area contributed by atoms with Gasteiger partial charge in [-0.2, -0.15) is 122 Å². The Morgan fingerprint density at radius 3 is 1.29 bits per heavy atom. The van der Waals surface area contributed by atoms with E-state index in [-0.39, 0.29) is 12.4 Å². The fraction of sp³-hybridized carbons (Fsp3) is 0.547. The van der Waals surface area contributed by atoms with Crippen LogP contribution >= 0.6 is 107 Å². The Morgan fingerprint density at radius 1 is 0.387 bits per heavy atom. The van der Waals surface area contributed by atoms with Crippen LogP contribution in [0.3, 0.4) is 0 Å². The average Bonchev–Trinajstić information content (AvgIpc) is 0.895. The molecule has 0 amide bonds. The molecule has 0 aliphatic carbocycles. The van der Waals surface area contributed by atoms with E-state index in [4.69, 9.17) is 21.6 Å². The van der Waals surface area contributed by atoms with Crippen molar-refractivity contribution in [2.24, 2.45) is 5.73 Å². The molecule has 0 unspecified atom stereocenters. The number of aryl methyl sites for hydroxylation is 8. The second kappa shape index (κ2) is 59.0. The Labute approximate surface area is 763 Å². The summed E-state index contributed by atoms with van der Waals surface area (Å²) in [4.78, 5) is 132. The number of thiol groups is 1. The Balaban J connectivity index is 0.000000238. The molecule has 9 heterocycles. The number of nitrogens with one attached hydrogen (secondary N) is 9. The van der Waals surface area contributed by atoms with Crippen LogP contribution in [-0.4, -0.2) is 258 Å². The zero-order valence-electron chi connectivity index (χ0n) is 71.4. The van der Waals surface area contributed by atoms with E-state index in [1.165, 1.54) is 35.4 Å². The Kier molecular flexibility index (Phi) is 47.7. The van der Waals surface area contributed by atoms with Gasteiger partial charge in [0.2, 0.25) is 59.5 Å². The van der Waals surface area contributed by atoms with Crippen molar-refractivity contribution in [3.63, 3.8) is 0 Å². The zero-order valence-corrected chi connectivity index (χ0v) is 78.8. The molecule has 0 saturated carbocycles. The van der Waals surface area contributed by atoms with Crippen molar-refractivity contribution in [2.75, 3.05) is 166 Å². The average molecular weight is 1870 g/mol. The number of benzene rings is 1. The molecule has 10 rings (SSSR count). The van der Waals surface area contributed by atoms with E-state index in [2.05, 4.69) is 230 Å². The number of nitrogens with two attached hydrogens (primary N) is 2. The third-order valence-electron chi connectivity index (χ3n) is 16.1. The number of carboxylic acid groups (broad SMARTS) is 1. The largest absolute Gasteiger partial charge is 0.481 e. The lowest BCUT2D eigenvalue weighted by atomic mass is 10.2. The Morgan fingerprint density at radius 2 is 0.790 bits per heavy atom. The second-order valence-corrected chi connectivity index (χ2v) is 34.7. The summed E-state index contributed by atoms with van der Waals surface area (Å²) in [7, 11) is 1.81. The summed E-state index contributed by atoms with van der Waals surface area (Å²) in [6.45, 7) is 18.0. The first kappa shape index (κ1) is 100. The summed E-state index contributed by atoms with van der Waals surface area (Å²) in [5.74, 6) is 15.5. The van der Waals surface area contributed by atoms with Crippen molar-refractivity contribution in [2.45, 2.75) is 192 Å². The number of anilines is 10. The van der Waals surface area contributed by atoms with Crippen molar-refractivity contribution in [3.05, 3.63) is 88.8 Å². The highest BCUT2D eigenvalue weighted by Crippen LogP contribution is 2.28. The smallest absolute Gasteiger partial charge is 0.303 e. The molecule has 124 heavy (non-hydrogen) atoms. The fourth-order valence-electron chi connectivity index (χ4n) is 10.5. The molecule has 0 atom stereocenters. The fourth-order valence-corrected chi connectivity index (χ4v) is 16.0. The van der Waals surface area contributed by atoms with Crippen LogP contribution in [0, 0.1) is 6.92 Å². The first-order valence-electron chi connectivity index (χ1n) is 41.0. The van der Waals surface area contributed by atoms with Gasteiger partial charge in [0.25, 0.3) is 0 Å². The number of aliphatic carboxylic acids is 1. The number of carbonyl (C=O) groups is 1. The van der Waals surface area contributed by atoms with Crippen molar-refractivity contribution in [3.8, 4) is 0 Å². The molecular formula is C75H112N38O2S9. The molecule has 9 aromatic heterocycles. The molecule has 0 bridgehead atoms. The predicted octanol–water partition coefficient (Wildman–Crippen LogP) is 10.7. The molecule has 0 radical (unpaired) electrons. The number of nitrogens with zero attached hydrogens (tertiary/aromatic N) is 27. The maximum Gasteiger partial charge on any atom is 0.303 e. The molecular weight excluding hydrogens is 1750 g/mol. The van der Waals surface area contributed by atoms with Gasteiger partial charge in [-0.25, -0.2) is 24.9 Å². The SMILES string of the molecule is CCCCc1nc(NCCCc2nc(NCC)nc(NCCN)n2)nc(SCC)n1.CCCc1nc(NCCS)nc(NCCCc2ncnc(NCCCc3nc(CCCC(=O)O)nc(NCCCc4nc(C)nc(N)n4)n3)n2)n1.CCSc1nc(SCCSc2nc(NC)nc(SC)n2)nc(SCCSc2nc(NCc3ccccc3)nc(SC)n2)n1. The van der Waals surface area contributed by atoms with Gasteiger partial charge in [0.1, 0.15) is 52.9 Å². The molecule has 10 aromatic rings. The van der Waals surface area contributed by atoms with Crippen LogP contribution in [0.4, 0.5) is 59.5 Å². The lowest BCUT2D eigenvalue weighted by molar-refractivity contribution is -0.137. The van der Waals surface area contributed by atoms with Gasteiger partial charge in [-0.05, 0) is 88.4 Å². The topological polar surface area (TPSA) is 546 Å². The summed E-state index contributed by atoms with van der Waals surface area (Å²) < 4.78 is 0. The highest BCUT2D eigenvalue weighted by atomic mass is 32.2. The first-order valence-corrected chi connectivity index (χ1v) is 50.0. The highest BCUT2D eigenvalue weighted by molar-refractivity contribution is 8.03. The van der Waals surface area contributed by atoms with Gasteiger partial charge in [-0.1, -0.05) is 159 Å². The summed E-state index contributed by atoms with van der Waals surface area (Å²) in [5, 5.41) is 43.7. The van der Waals surface area contributed by atoms with Gasteiger partial charge < -0.3 is 64.4 Å². The summed E-state index contributed by atoms with van der Waals surface area (Å²) in [6, 6.07) is 10.2. The molecule has 14 N–H and O–H groups in total. The summed E-state index contributed by atoms with van der Waals surface area (Å²) in [6.07, 6.45) is 16.7. The second-order valence-electron chi connectivity index (χ2n) is 26.0. The minimum Gasteiger partial charge on any atom is -0.481 e. The lowest BCUT2D eigenvalue weighted by Gasteiger charge is -2.10. The molecule has 49 heteroatoms. The Hall–Kier alpha value is -9.11. The summed E-state index contributed by atoms with van der Waals surface area (Å²) >= 11 is 16.9. The number of nitrogen functional groups attached to an aromatic ring is 1. The number of thioether (sulfide) groups is 8. The highest BCUT2D eigenvalue weighted by Gasteiger charge is 2.17. The number of hydrogen-bond acceptors (Lipinski definition) is 48. The standard InChI is InChI=1S/C31H47N17O2S.C25H31N11S7.C19H34N10S/c1-3-8-22-44-30(48-31(45-22)36-17-18-51)35-15-5-10-21-37-19-38-28(43-21)33-14-7-12-25-41-24(9-4-13-26(49)50)46-29(47-25)34-16-6-11-23-39-20(2)40-27(32)42-23;1-5-39-23-34-24(42-13-11-40-21-29-17(26-2)28-19(32-21)37-3)36-25(35-23)43-14-12-41-22-31-18(30-20(33-22)38-4)27-15-16-9-7-6-8-10-16;1-4-7-9-15-26-18(29-19(27-15)30-6-3)22-12-8-10-14-24-16(21-5-2)28-17(25-14)23-13-11-20/h19,51H,3-18H2,1-2H3,(H,49,50)(H2,32,39,40,42)(H,33,37,38,43)(H,34,41,46,47)(H2,35,36,44,45,48);6-10H,5,11-15H2,1-4H3,(H,26,28,29,32)(H,27,30,31,33);4-13,20H2,1-3H3,(H,22,26,27,29)(H2,21,23,24,25,28). The van der Waals surface area contributed by atoms with Crippen LogP contribution in [0.25, 0.3) is 0 Å². The summed E-state index contributed by atoms with van der Waals surface area (Å²) in [5.41, 5.74) is 12.5. The van der Waals surface area contributed by atoms with E-state index in [0.29, 0.717) is 193 Å². The predicted molar refractivity (Wildman–Crippen MR) is 505 cm³/mol. The number of hydrogen-bond donors (Lipinski definition) is 13. The number of aromatic nitrogens is 27. The third-order valence-corrected chi connectivity index (χ3v) is 22.8. The van der Waals surface area contributed by atoms with Gasteiger partial charge >= 0.3 is 5.97 Å². The van der Waals surface area contributed by atoms with Crippen LogP contribution < -0.4 is 59.3 Å². The third kappa shape index (κ3) is 40.0. The number of unbranched alkanes of at least 4 members (excludes halogenated alkanes) is 1. The molecule has 668 valence electrons. The van der Waals surface area contributed by atoms with Crippen LogP contribution in [0.1, 0.15) is 145 Å². The molecule has 0 aliphatic heterocycles. The number of rotatable bonds is 57. The molecule has 0 fully saturated rings. The van der Waals surface area contributed by atoms with E-state index in [1.54, 1.807) is 84.5 Å². The van der Waals surface area contributed by atoms with E-state index >= 15 is 0 Å². The Bertz CT molecular complexity index is 4680. The van der Waals surface area contributed by atoms with Gasteiger partial charge in [0, 0.05) is 146 Å². The maximum absolute atomic E-state index is 11.0. The van der Waals surface area contributed by atoms with Crippen molar-refractivity contribution >= 4 is 172 Å². The zero-order chi connectivity index (χ0) is 88.1. The van der Waals surface area contributed by atoms with Gasteiger partial charge in [0.15, 0.2) is 41.3 Å². The quantitative estimate of drug-likeness (QED) is 0.00956. The van der Waals surface area contributed by atoms with Crippen LogP contribution in [0.15, 0.2) is 77.9 Å². The first-order chi connectivity index (χ1) is 60.5. The molecule has 0 spiro atoms. The van der Waals surface area contributed by atoms with Crippen molar-refractivity contribution in [1.82, 2.24) is 135 Å². The molecule has 1 aromatic carbocycles. The van der Waals surface area contributed by atoms with Crippen LogP contribution in [0.2, 0.25) is 0 Å². The van der Waals surface area contributed by atoms with Crippen molar-refractivity contribution < 1.29 is 9.90 Å². The van der Waals surface area contributed by atoms with E-state index < -0.39 is 5.97 Å². The van der Waals surface area contributed by atoms with E-state index in [0.717, 1.165) is 143 Å². The molecule has 40 nitrogen and oxygen atoms in total. The molecule has 0 aliphatic rings. The maximum atomic E-state index is 11.0. The molecule has 0 saturated heterocycles. The normalized spacial score (nSPS) is 11.0. The van der Waals surface area contributed by atoms with Gasteiger partial charge in [0.05, 0.1) is 0 Å². The number of carboxylic acids is 1. The van der Waals surface area contributed by atoms with Crippen molar-refractivity contribution in [1.29, 1.82) is 0 Å². The van der Waals surface area contributed by atoms with Gasteiger partial charge in [-0.15, -0.1) is 0 Å². The van der Waals surface area contributed by atoms with Crippen LogP contribution in [-0.2, 0) is 56.3 Å². The lowest BCUT2D eigenvalue weighted by Crippen LogP contribution is -2.17. The minimum absolute atomic E-state index is 0.0429. The van der Waals surface area contributed by atoms with Gasteiger partial charge in [-0.3, -0.25) is 4.79 Å².